The summed E-state index contributed by atoms with van der Waals surface area (Å²) < 4.78 is 0. The van der Waals surface area contributed by atoms with Gasteiger partial charge in [0.2, 0.25) is 0 Å². The number of thioether (sulfide) groups is 1. The highest BCUT2D eigenvalue weighted by molar-refractivity contribution is 7.99. The topological polar surface area (TPSA) is 37.8 Å². The quantitative estimate of drug-likeness (QED) is 0.689. The zero-order chi connectivity index (χ0) is 8.23. The Hall–Kier alpha value is -0.610. The lowest BCUT2D eigenvalue weighted by molar-refractivity contribution is 0.858. The number of hydrogen-bond donors (Lipinski definition) is 1. The van der Waals surface area contributed by atoms with Crippen molar-refractivity contribution < 1.29 is 0 Å². The highest BCUT2D eigenvalue weighted by Crippen LogP contribution is 2.24. The van der Waals surface area contributed by atoms with Crippen LogP contribution in [0.5, 0.6) is 0 Å². The van der Waals surface area contributed by atoms with Gasteiger partial charge in [-0.25, -0.2) is 9.97 Å². The molecule has 0 saturated carbocycles. The number of hydrogen-bond acceptors (Lipinski definition) is 4. The molecule has 2 rings (SSSR count). The average Bonchev–Trinajstić information content (AvgIpc) is 2.59. The molecule has 1 aromatic heterocycles. The first-order valence-corrected chi connectivity index (χ1v) is 4.96. The summed E-state index contributed by atoms with van der Waals surface area (Å²) in [6.45, 7) is 2.25. The van der Waals surface area contributed by atoms with Crippen LogP contribution in [0.4, 0.5) is 0 Å². The van der Waals surface area contributed by atoms with Crippen LogP contribution in [0.15, 0.2) is 23.6 Å². The van der Waals surface area contributed by atoms with Crippen LogP contribution in [0.3, 0.4) is 0 Å². The maximum absolute atomic E-state index is 4.17. The van der Waals surface area contributed by atoms with Gasteiger partial charge in [-0.3, -0.25) is 0 Å². The average molecular weight is 181 g/mol. The normalized spacial score (nSPS) is 22.8. The second-order valence-electron chi connectivity index (χ2n) is 2.78. The summed E-state index contributed by atoms with van der Waals surface area (Å²) >= 11 is 1.84. The second-order valence-corrected chi connectivity index (χ2v) is 4.10. The Balaban J connectivity index is 1.94. The second kappa shape index (κ2) is 3.87. The number of aromatic nitrogens is 2. The highest BCUT2D eigenvalue weighted by atomic mass is 32.2. The van der Waals surface area contributed by atoms with Crippen molar-refractivity contribution in [2.45, 2.75) is 16.7 Å². The Kier molecular flexibility index (Phi) is 2.58. The maximum atomic E-state index is 4.17. The van der Waals surface area contributed by atoms with E-state index in [1.807, 2.05) is 17.8 Å². The minimum Gasteiger partial charge on any atom is -0.316 e. The fourth-order valence-corrected chi connectivity index (χ4v) is 2.27. The van der Waals surface area contributed by atoms with Gasteiger partial charge in [0.25, 0.3) is 0 Å². The zero-order valence-corrected chi connectivity index (χ0v) is 7.55. The summed E-state index contributed by atoms with van der Waals surface area (Å²) in [5.41, 5.74) is 0. The molecular weight excluding hydrogens is 170 g/mol. The van der Waals surface area contributed by atoms with Crippen LogP contribution in [0.2, 0.25) is 0 Å². The van der Waals surface area contributed by atoms with Gasteiger partial charge < -0.3 is 5.32 Å². The smallest absolute Gasteiger partial charge is 0.116 e. The molecular formula is C8H11N3S. The van der Waals surface area contributed by atoms with Crippen molar-refractivity contribution in [3.63, 3.8) is 0 Å². The van der Waals surface area contributed by atoms with Crippen molar-refractivity contribution >= 4 is 11.8 Å². The molecule has 1 saturated heterocycles. The third kappa shape index (κ3) is 1.95. The third-order valence-corrected chi connectivity index (χ3v) is 3.08. The molecule has 0 amide bonds. The fraction of sp³-hybridized carbons (Fsp3) is 0.500. The summed E-state index contributed by atoms with van der Waals surface area (Å²) in [5.74, 6) is 0. The minimum atomic E-state index is 0.694. The lowest BCUT2D eigenvalue weighted by Crippen LogP contribution is -2.10. The van der Waals surface area contributed by atoms with Crippen LogP contribution in [-0.4, -0.2) is 28.3 Å². The molecule has 2 heterocycles. The van der Waals surface area contributed by atoms with E-state index in [4.69, 9.17) is 0 Å². The summed E-state index contributed by atoms with van der Waals surface area (Å²) in [7, 11) is 0. The predicted octanol–water partition coefficient (Wildman–Crippen LogP) is 0.931. The Labute approximate surface area is 76.0 Å². The van der Waals surface area contributed by atoms with Crippen LogP contribution in [0, 0.1) is 0 Å². The van der Waals surface area contributed by atoms with Gasteiger partial charge in [-0.15, -0.1) is 11.8 Å². The molecule has 0 bridgehead atoms. The van der Waals surface area contributed by atoms with Gasteiger partial charge in [0.1, 0.15) is 6.33 Å². The van der Waals surface area contributed by atoms with Gasteiger partial charge in [0.15, 0.2) is 0 Å². The molecule has 4 heteroatoms. The lowest BCUT2D eigenvalue weighted by Gasteiger charge is -2.05. The third-order valence-electron chi connectivity index (χ3n) is 1.86. The zero-order valence-electron chi connectivity index (χ0n) is 6.73. The number of nitrogens with zero attached hydrogens (tertiary/aromatic N) is 2. The molecule has 64 valence electrons. The lowest BCUT2D eigenvalue weighted by atomic mass is 10.4. The van der Waals surface area contributed by atoms with Crippen molar-refractivity contribution in [1.82, 2.24) is 15.3 Å². The van der Waals surface area contributed by atoms with Crippen molar-refractivity contribution in [2.24, 2.45) is 0 Å². The summed E-state index contributed by atoms with van der Waals surface area (Å²) in [6.07, 6.45) is 4.64. The first-order valence-electron chi connectivity index (χ1n) is 4.08. The van der Waals surface area contributed by atoms with E-state index in [0.717, 1.165) is 18.1 Å². The van der Waals surface area contributed by atoms with Crippen LogP contribution < -0.4 is 5.32 Å². The number of rotatable bonds is 2. The molecule has 0 radical (unpaired) electrons. The molecule has 1 N–H and O–H groups in total. The highest BCUT2D eigenvalue weighted by Gasteiger charge is 2.15. The Morgan fingerprint density at radius 1 is 1.58 bits per heavy atom. The Morgan fingerprint density at radius 3 is 3.25 bits per heavy atom. The summed E-state index contributed by atoms with van der Waals surface area (Å²) in [4.78, 5) is 8.05. The largest absolute Gasteiger partial charge is 0.316 e. The molecule has 1 fully saturated rings. The molecule has 3 nitrogen and oxygen atoms in total. The van der Waals surface area contributed by atoms with Gasteiger partial charge in [0, 0.05) is 18.0 Å². The van der Waals surface area contributed by atoms with Crippen molar-refractivity contribution in [1.29, 1.82) is 0 Å². The van der Waals surface area contributed by atoms with Gasteiger partial charge >= 0.3 is 0 Å². The van der Waals surface area contributed by atoms with E-state index < -0.39 is 0 Å². The summed E-state index contributed by atoms with van der Waals surface area (Å²) in [5, 5.41) is 5.10. The van der Waals surface area contributed by atoms with E-state index in [2.05, 4.69) is 15.3 Å². The summed E-state index contributed by atoms with van der Waals surface area (Å²) in [6, 6.07) is 1.96. The van der Waals surface area contributed by atoms with E-state index in [9.17, 15) is 0 Å². The van der Waals surface area contributed by atoms with E-state index in [-0.39, 0.29) is 0 Å². The molecule has 1 unspecified atom stereocenters. The number of nitrogens with one attached hydrogen (secondary N) is 1. The van der Waals surface area contributed by atoms with Gasteiger partial charge in [0.05, 0.1) is 5.03 Å². The van der Waals surface area contributed by atoms with Crippen molar-refractivity contribution in [3.05, 3.63) is 18.6 Å². The van der Waals surface area contributed by atoms with Gasteiger partial charge in [-0.05, 0) is 19.0 Å². The van der Waals surface area contributed by atoms with Crippen LogP contribution in [-0.2, 0) is 0 Å². The monoisotopic (exact) mass is 181 g/mol. The first kappa shape index (κ1) is 8.01. The molecule has 0 aliphatic carbocycles. The minimum absolute atomic E-state index is 0.694. The standard InChI is InChI=1S/C8H11N3S/c1-3-9-5-7(1)12-8-2-4-10-6-11-8/h2,4,6-7,9H,1,3,5H2. The molecule has 0 spiro atoms. The predicted molar refractivity (Wildman–Crippen MR) is 49.2 cm³/mol. The van der Waals surface area contributed by atoms with Crippen LogP contribution in [0.25, 0.3) is 0 Å². The van der Waals surface area contributed by atoms with Crippen molar-refractivity contribution in [2.75, 3.05) is 13.1 Å². The Bertz CT molecular complexity index is 233. The molecule has 1 aromatic rings. The molecule has 1 aliphatic rings. The molecule has 0 aromatic carbocycles. The van der Waals surface area contributed by atoms with Gasteiger partial charge in [-0.1, -0.05) is 0 Å². The Morgan fingerprint density at radius 2 is 2.58 bits per heavy atom. The van der Waals surface area contributed by atoms with E-state index in [0.29, 0.717) is 5.25 Å². The van der Waals surface area contributed by atoms with E-state index >= 15 is 0 Å². The fourth-order valence-electron chi connectivity index (χ4n) is 1.25. The first-order chi connectivity index (χ1) is 5.95. The molecule has 12 heavy (non-hydrogen) atoms. The molecule has 1 aliphatic heterocycles. The van der Waals surface area contributed by atoms with Crippen LogP contribution >= 0.6 is 11.8 Å². The van der Waals surface area contributed by atoms with E-state index in [1.165, 1.54) is 6.42 Å². The van der Waals surface area contributed by atoms with Gasteiger partial charge in [-0.2, -0.15) is 0 Å². The van der Waals surface area contributed by atoms with Crippen LogP contribution in [0.1, 0.15) is 6.42 Å². The molecule has 1 atom stereocenters. The maximum Gasteiger partial charge on any atom is 0.116 e. The SMILES string of the molecule is c1cc(SC2CCNC2)ncn1. The van der Waals surface area contributed by atoms with E-state index in [1.54, 1.807) is 12.5 Å². The van der Waals surface area contributed by atoms with Crippen molar-refractivity contribution in [3.8, 4) is 0 Å².